The minimum Gasteiger partial charge on any atom is -0.490 e. The van der Waals surface area contributed by atoms with Gasteiger partial charge in [0.05, 0.1) is 29.6 Å². The molecule has 278 valence electrons. The lowest BCUT2D eigenvalue weighted by atomic mass is 9.61. The number of amides is 2. The fourth-order valence-corrected chi connectivity index (χ4v) is 10.9. The topological polar surface area (TPSA) is 119 Å². The van der Waals surface area contributed by atoms with E-state index in [1.807, 2.05) is 17.9 Å². The van der Waals surface area contributed by atoms with E-state index < -0.39 is 26.8 Å². The third kappa shape index (κ3) is 7.25. The Kier molecular flexibility index (Phi) is 10.1. The number of aliphatic hydroxyl groups is 1. The highest BCUT2D eigenvalue weighted by molar-refractivity contribution is 7.90. The number of nitrogens with one attached hydrogen (secondary N) is 1. The van der Waals surface area contributed by atoms with Crippen LogP contribution in [-0.2, 0) is 26.7 Å². The number of nitrogens with zero attached hydrogens (tertiary/aromatic N) is 3. The van der Waals surface area contributed by atoms with Gasteiger partial charge in [-0.25, -0.2) is 13.1 Å². The Morgan fingerprint density at radius 3 is 2.57 bits per heavy atom. The van der Waals surface area contributed by atoms with Gasteiger partial charge in [0.15, 0.2) is 0 Å². The molecule has 51 heavy (non-hydrogen) atoms. The zero-order valence-corrected chi connectivity index (χ0v) is 31.8. The fraction of sp³-hybridized carbons (Fsp3) is 0.641. The molecule has 2 bridgehead atoms. The van der Waals surface area contributed by atoms with Gasteiger partial charge in [-0.3, -0.25) is 9.59 Å². The summed E-state index contributed by atoms with van der Waals surface area (Å²) in [6.45, 7) is 8.15. The van der Waals surface area contributed by atoms with Crippen LogP contribution in [0.5, 0.6) is 5.75 Å². The number of carbonyl (C=O) groups is 2. The van der Waals surface area contributed by atoms with Gasteiger partial charge >= 0.3 is 0 Å². The molecule has 3 aliphatic heterocycles. The zero-order valence-electron chi connectivity index (χ0n) is 30.2. The first kappa shape index (κ1) is 36.5. The van der Waals surface area contributed by atoms with Crippen LogP contribution < -0.4 is 14.4 Å². The van der Waals surface area contributed by atoms with Crippen LogP contribution in [-0.4, -0.2) is 98.9 Å². The van der Waals surface area contributed by atoms with Crippen molar-refractivity contribution in [1.29, 1.82) is 0 Å². The molecule has 0 aromatic heterocycles. The summed E-state index contributed by atoms with van der Waals surface area (Å²) in [4.78, 5) is 33.8. The molecule has 2 aromatic rings. The smallest absolute Gasteiger partial charge is 0.264 e. The third-order valence-electron chi connectivity index (χ3n) is 13.0. The number of hydrogen-bond acceptors (Lipinski definition) is 8. The highest BCUT2D eigenvalue weighted by Gasteiger charge is 2.50. The molecular weight excluding hydrogens is 688 g/mol. The Bertz CT molecular complexity index is 1770. The summed E-state index contributed by atoms with van der Waals surface area (Å²) in [5.41, 5.74) is 1.91. The lowest BCUT2D eigenvalue weighted by molar-refractivity contribution is -0.147. The van der Waals surface area contributed by atoms with E-state index in [9.17, 15) is 23.1 Å². The maximum Gasteiger partial charge on any atom is 0.264 e. The van der Waals surface area contributed by atoms with Crippen LogP contribution in [0.1, 0.15) is 86.7 Å². The molecule has 10 nitrogen and oxygen atoms in total. The maximum absolute atomic E-state index is 13.8. The molecule has 0 radical (unpaired) electrons. The van der Waals surface area contributed by atoms with Crippen molar-refractivity contribution in [3.8, 4) is 5.75 Å². The van der Waals surface area contributed by atoms with Crippen molar-refractivity contribution in [3.63, 3.8) is 0 Å². The number of carbonyl (C=O) groups excluding carboxylic acids is 2. The number of sulfonamides is 1. The van der Waals surface area contributed by atoms with Crippen molar-refractivity contribution in [2.45, 2.75) is 87.9 Å². The number of piperazine rings is 1. The first-order chi connectivity index (χ1) is 24.3. The standard InChI is InChI=1S/C39H53ClN4O6S/c1-26-6-4-15-39(47,22-36(45)43-18-16-42(3)17-19-43)33-11-8-30(33)23-44-24-38(14-5-7-28-20-31(40)10-12-32(28)38)25-50-35-13-9-29(21-34(35)44)37(46)41-51(48,49)27(26)2/h9-10,12-13,20-21,26-27,30,33,47H,4-8,11,14-19,22-25H2,1-3H3,(H,41,46)/t26-,27+,30-,33+,38-,39-/m0/s1. The number of likely N-dealkylation sites (N-methyl/N-ethyl adjacent to an activating group) is 1. The van der Waals surface area contributed by atoms with Crippen molar-refractivity contribution < 1.29 is 27.9 Å². The third-order valence-corrected chi connectivity index (χ3v) is 15.1. The van der Waals surface area contributed by atoms with Crippen LogP contribution >= 0.6 is 11.6 Å². The van der Waals surface area contributed by atoms with E-state index >= 15 is 0 Å². The molecule has 2 aliphatic carbocycles. The van der Waals surface area contributed by atoms with Gasteiger partial charge in [-0.2, -0.15) is 0 Å². The molecule has 7 rings (SSSR count). The van der Waals surface area contributed by atoms with Crippen molar-refractivity contribution in [2.75, 3.05) is 57.8 Å². The summed E-state index contributed by atoms with van der Waals surface area (Å²) in [5, 5.41) is 12.5. The van der Waals surface area contributed by atoms with Crippen LogP contribution in [0.15, 0.2) is 36.4 Å². The van der Waals surface area contributed by atoms with E-state index in [0.717, 1.165) is 50.9 Å². The Morgan fingerprint density at radius 1 is 1.04 bits per heavy atom. The summed E-state index contributed by atoms with van der Waals surface area (Å²) < 4.78 is 36.0. The average Bonchev–Trinajstić information content (AvgIpc) is 3.22. The maximum atomic E-state index is 13.8. The van der Waals surface area contributed by atoms with Crippen LogP contribution in [0.2, 0.25) is 5.02 Å². The number of fused-ring (bicyclic) bond motifs is 4. The van der Waals surface area contributed by atoms with Crippen LogP contribution in [0.4, 0.5) is 5.69 Å². The summed E-state index contributed by atoms with van der Waals surface area (Å²) >= 11 is 6.46. The molecule has 2 amide bonds. The molecule has 12 heteroatoms. The quantitative estimate of drug-likeness (QED) is 0.442. The number of anilines is 1. The van der Waals surface area contributed by atoms with E-state index in [1.165, 1.54) is 11.1 Å². The molecule has 6 atom stereocenters. The Hall–Kier alpha value is -2.86. The van der Waals surface area contributed by atoms with Gasteiger partial charge in [0.2, 0.25) is 15.9 Å². The van der Waals surface area contributed by atoms with Gasteiger partial charge in [-0.15, -0.1) is 0 Å². The molecule has 1 saturated heterocycles. The second-order valence-electron chi connectivity index (χ2n) is 16.2. The fourth-order valence-electron chi connectivity index (χ4n) is 9.42. The Balaban J connectivity index is 1.27. The van der Waals surface area contributed by atoms with Crippen LogP contribution in [0, 0.1) is 17.8 Å². The van der Waals surface area contributed by atoms with Gasteiger partial charge in [0.1, 0.15) is 5.75 Å². The van der Waals surface area contributed by atoms with Gasteiger partial charge in [-0.05, 0) is 118 Å². The largest absolute Gasteiger partial charge is 0.490 e. The molecule has 5 aliphatic rings. The minimum atomic E-state index is -3.99. The summed E-state index contributed by atoms with van der Waals surface area (Å²) in [7, 11) is -1.93. The lowest BCUT2D eigenvalue weighted by Crippen LogP contribution is -2.55. The number of aryl methyl sites for hydroxylation is 1. The van der Waals surface area contributed by atoms with Crippen molar-refractivity contribution in [1.82, 2.24) is 14.5 Å². The molecule has 1 saturated carbocycles. The number of ether oxygens (including phenoxy) is 1. The first-order valence-electron chi connectivity index (χ1n) is 18.8. The van der Waals surface area contributed by atoms with Crippen LogP contribution in [0.25, 0.3) is 0 Å². The van der Waals surface area contributed by atoms with Crippen molar-refractivity contribution in [2.24, 2.45) is 17.8 Å². The van der Waals surface area contributed by atoms with E-state index in [-0.39, 0.29) is 41.1 Å². The highest BCUT2D eigenvalue weighted by atomic mass is 35.5. The molecule has 2 N–H and O–H groups in total. The predicted molar refractivity (Wildman–Crippen MR) is 199 cm³/mol. The van der Waals surface area contributed by atoms with E-state index in [2.05, 4.69) is 33.7 Å². The monoisotopic (exact) mass is 740 g/mol. The normalized spacial score (nSPS) is 32.8. The van der Waals surface area contributed by atoms with Crippen molar-refractivity contribution in [3.05, 3.63) is 58.1 Å². The molecule has 2 fully saturated rings. The highest BCUT2D eigenvalue weighted by Crippen LogP contribution is 2.50. The van der Waals surface area contributed by atoms with Gasteiger partial charge < -0.3 is 24.5 Å². The Labute approximate surface area is 307 Å². The van der Waals surface area contributed by atoms with Gasteiger partial charge in [0.25, 0.3) is 5.91 Å². The predicted octanol–water partition coefficient (Wildman–Crippen LogP) is 5.00. The first-order valence-corrected chi connectivity index (χ1v) is 20.7. The van der Waals surface area contributed by atoms with Gasteiger partial charge in [-0.1, -0.05) is 31.0 Å². The molecule has 3 heterocycles. The molecule has 0 unspecified atom stereocenters. The summed E-state index contributed by atoms with van der Waals surface area (Å²) in [5.74, 6) is -0.254. The SMILES string of the molecule is C[C@@H]1[C@@H](C)CCC[C@](O)(CC(=O)N2CCN(C)CC2)[C@@H]2CC[C@H]2CN2C[C@@]3(CCCc4cc(Cl)ccc43)COc3ccc(cc32)C(=O)NS1(=O)=O. The number of rotatable bonds is 2. The van der Waals surface area contributed by atoms with Crippen molar-refractivity contribution >= 4 is 39.1 Å². The summed E-state index contributed by atoms with van der Waals surface area (Å²) in [6.07, 6.45) is 6.21. The number of benzene rings is 2. The second kappa shape index (κ2) is 14.2. The number of hydrogen-bond donors (Lipinski definition) is 2. The van der Waals surface area contributed by atoms with E-state index in [0.29, 0.717) is 62.8 Å². The Morgan fingerprint density at radius 2 is 1.82 bits per heavy atom. The summed E-state index contributed by atoms with van der Waals surface area (Å²) in [6, 6.07) is 11.3. The number of halogens is 1. The lowest BCUT2D eigenvalue weighted by Gasteiger charge is -2.50. The molecule has 1 spiro atoms. The average molecular weight is 741 g/mol. The minimum absolute atomic E-state index is 0.00746. The van der Waals surface area contributed by atoms with Crippen LogP contribution in [0.3, 0.4) is 0 Å². The second-order valence-corrected chi connectivity index (χ2v) is 18.7. The van der Waals surface area contributed by atoms with E-state index in [4.69, 9.17) is 16.3 Å². The molecule has 2 aromatic carbocycles. The molecular formula is C39H53ClN4O6S. The zero-order chi connectivity index (χ0) is 36.1. The van der Waals surface area contributed by atoms with E-state index in [1.54, 1.807) is 25.1 Å². The van der Waals surface area contributed by atoms with Gasteiger partial charge in [0, 0.05) is 55.3 Å².